The SMILES string of the molecule is COc1ccnc2cc(OC[C@H]3O[C@@H](n4ccc5c(N)ncnc54)[C@H](O)[C@@H]3O)ccc12. The highest BCUT2D eigenvalue weighted by Crippen LogP contribution is 2.33. The van der Waals surface area contributed by atoms with Gasteiger partial charge in [-0.25, -0.2) is 9.97 Å². The van der Waals surface area contributed by atoms with Gasteiger partial charge >= 0.3 is 0 Å². The summed E-state index contributed by atoms with van der Waals surface area (Å²) in [5, 5.41) is 22.6. The Hall–Kier alpha value is -3.47. The van der Waals surface area contributed by atoms with Crippen LogP contribution in [0.15, 0.2) is 49.1 Å². The third-order valence-electron chi connectivity index (χ3n) is 5.46. The highest BCUT2D eigenvalue weighted by atomic mass is 16.6. The third kappa shape index (κ3) is 3.30. The molecule has 0 bridgehead atoms. The number of nitrogen functional groups attached to an aromatic ring is 1. The van der Waals surface area contributed by atoms with Gasteiger partial charge in [0, 0.05) is 23.8 Å². The Bertz CT molecular complexity index is 1250. The van der Waals surface area contributed by atoms with Crippen molar-refractivity contribution in [3.05, 3.63) is 49.1 Å². The van der Waals surface area contributed by atoms with E-state index in [4.69, 9.17) is 19.9 Å². The number of rotatable bonds is 5. The number of aliphatic hydroxyl groups is 2. The first-order chi connectivity index (χ1) is 15.1. The summed E-state index contributed by atoms with van der Waals surface area (Å²) in [5.41, 5.74) is 7.11. The third-order valence-corrected chi connectivity index (χ3v) is 5.46. The number of hydrogen-bond acceptors (Lipinski definition) is 9. The minimum absolute atomic E-state index is 0.0422. The van der Waals surface area contributed by atoms with Gasteiger partial charge in [0.15, 0.2) is 6.23 Å². The molecule has 4 atom stereocenters. The molecule has 160 valence electrons. The Labute approximate surface area is 176 Å². The molecule has 1 aliphatic rings. The second-order valence-electron chi connectivity index (χ2n) is 7.27. The van der Waals surface area contributed by atoms with Gasteiger partial charge in [0.2, 0.25) is 0 Å². The van der Waals surface area contributed by atoms with Gasteiger partial charge in [0.05, 0.1) is 18.0 Å². The van der Waals surface area contributed by atoms with E-state index in [1.165, 1.54) is 6.33 Å². The van der Waals surface area contributed by atoms with Crippen molar-refractivity contribution in [1.82, 2.24) is 19.5 Å². The van der Waals surface area contributed by atoms with Crippen LogP contribution in [-0.4, -0.2) is 61.8 Å². The molecule has 5 rings (SSSR count). The molecular weight excluding hydrogens is 402 g/mol. The smallest absolute Gasteiger partial charge is 0.164 e. The zero-order valence-corrected chi connectivity index (χ0v) is 16.6. The summed E-state index contributed by atoms with van der Waals surface area (Å²) in [4.78, 5) is 12.5. The summed E-state index contributed by atoms with van der Waals surface area (Å²) < 4.78 is 18.7. The summed E-state index contributed by atoms with van der Waals surface area (Å²) >= 11 is 0. The first-order valence-electron chi connectivity index (χ1n) is 9.71. The summed E-state index contributed by atoms with van der Waals surface area (Å²) in [6.45, 7) is 0.0422. The molecule has 4 heterocycles. The Morgan fingerprint density at radius 3 is 2.81 bits per heavy atom. The van der Waals surface area contributed by atoms with Gasteiger partial charge in [-0.3, -0.25) is 4.98 Å². The Morgan fingerprint density at radius 1 is 1.10 bits per heavy atom. The predicted molar refractivity (Wildman–Crippen MR) is 112 cm³/mol. The van der Waals surface area contributed by atoms with Gasteiger partial charge in [-0.05, 0) is 24.3 Å². The molecule has 0 amide bonds. The molecule has 4 aromatic rings. The fourth-order valence-corrected chi connectivity index (χ4v) is 3.84. The van der Waals surface area contributed by atoms with Crippen LogP contribution in [0.3, 0.4) is 0 Å². The van der Waals surface area contributed by atoms with Crippen LogP contribution in [0.1, 0.15) is 6.23 Å². The van der Waals surface area contributed by atoms with Gasteiger partial charge in [0.25, 0.3) is 0 Å². The van der Waals surface area contributed by atoms with Crippen molar-refractivity contribution in [3.8, 4) is 11.5 Å². The average Bonchev–Trinajstić information content (AvgIpc) is 3.34. The molecule has 0 unspecified atom stereocenters. The number of aliphatic hydroxyl groups excluding tert-OH is 2. The van der Waals surface area contributed by atoms with E-state index in [0.717, 1.165) is 16.7 Å². The van der Waals surface area contributed by atoms with Crippen molar-refractivity contribution in [3.63, 3.8) is 0 Å². The Balaban J connectivity index is 1.33. The van der Waals surface area contributed by atoms with Crippen LogP contribution < -0.4 is 15.2 Å². The van der Waals surface area contributed by atoms with Gasteiger partial charge in [-0.2, -0.15) is 0 Å². The minimum Gasteiger partial charge on any atom is -0.496 e. The van der Waals surface area contributed by atoms with E-state index in [0.29, 0.717) is 22.6 Å². The summed E-state index contributed by atoms with van der Waals surface area (Å²) in [6.07, 6.45) is 0.816. The number of hydrogen-bond donors (Lipinski definition) is 3. The minimum atomic E-state index is -1.16. The second kappa shape index (κ2) is 7.65. The monoisotopic (exact) mass is 423 g/mol. The van der Waals surface area contributed by atoms with Crippen LogP contribution in [0, 0.1) is 0 Å². The van der Waals surface area contributed by atoms with E-state index in [1.807, 2.05) is 6.07 Å². The standard InChI is InChI=1S/C21H21N5O5/c1-29-15-4-6-23-14-8-11(2-3-12(14)15)30-9-16-17(27)18(28)21(31-16)26-7-5-13-19(22)24-10-25-20(13)26/h2-8,10,16-18,21,27-28H,9H2,1H3,(H2,22,24,25)/t16-,17-,18-,21-/m1/s1. The van der Waals surface area contributed by atoms with Gasteiger partial charge < -0.3 is 34.7 Å². The lowest BCUT2D eigenvalue weighted by atomic mass is 10.1. The topological polar surface area (TPSA) is 138 Å². The van der Waals surface area contributed by atoms with Crippen LogP contribution >= 0.6 is 0 Å². The van der Waals surface area contributed by atoms with Crippen molar-refractivity contribution in [2.75, 3.05) is 19.5 Å². The lowest BCUT2D eigenvalue weighted by Gasteiger charge is -2.17. The molecule has 31 heavy (non-hydrogen) atoms. The zero-order valence-electron chi connectivity index (χ0n) is 16.6. The largest absolute Gasteiger partial charge is 0.496 e. The van der Waals surface area contributed by atoms with E-state index in [2.05, 4.69) is 15.0 Å². The average molecular weight is 423 g/mol. The number of fused-ring (bicyclic) bond motifs is 2. The molecule has 1 aromatic carbocycles. The van der Waals surface area contributed by atoms with Crippen LogP contribution in [0.5, 0.6) is 11.5 Å². The summed E-state index contributed by atoms with van der Waals surface area (Å²) in [7, 11) is 1.61. The first kappa shape index (κ1) is 19.5. The molecule has 4 N–H and O–H groups in total. The van der Waals surface area contributed by atoms with Crippen LogP contribution in [0.25, 0.3) is 21.9 Å². The first-order valence-corrected chi connectivity index (χ1v) is 9.71. The fourth-order valence-electron chi connectivity index (χ4n) is 3.84. The molecule has 10 heteroatoms. The number of methoxy groups -OCH3 is 1. The number of aromatic nitrogens is 4. The number of pyridine rings is 1. The number of benzene rings is 1. The maximum absolute atomic E-state index is 10.6. The molecule has 0 saturated carbocycles. The van der Waals surface area contributed by atoms with E-state index in [1.54, 1.807) is 48.3 Å². The summed E-state index contributed by atoms with van der Waals surface area (Å²) in [6, 6.07) is 8.97. The lowest BCUT2D eigenvalue weighted by Crippen LogP contribution is -2.34. The highest BCUT2D eigenvalue weighted by Gasteiger charge is 2.44. The van der Waals surface area contributed by atoms with E-state index in [9.17, 15) is 10.2 Å². The molecule has 10 nitrogen and oxygen atoms in total. The molecule has 0 aliphatic carbocycles. The molecule has 1 fully saturated rings. The highest BCUT2D eigenvalue weighted by molar-refractivity contribution is 5.86. The maximum atomic E-state index is 10.6. The summed E-state index contributed by atoms with van der Waals surface area (Å²) in [5.74, 6) is 1.62. The number of anilines is 1. The molecule has 0 radical (unpaired) electrons. The van der Waals surface area contributed by atoms with E-state index in [-0.39, 0.29) is 6.61 Å². The predicted octanol–water partition coefficient (Wildman–Crippen LogP) is 1.27. The van der Waals surface area contributed by atoms with Crippen LogP contribution in [-0.2, 0) is 4.74 Å². The van der Waals surface area contributed by atoms with Crippen LogP contribution in [0.2, 0.25) is 0 Å². The Morgan fingerprint density at radius 2 is 1.97 bits per heavy atom. The molecular formula is C21H21N5O5. The lowest BCUT2D eigenvalue weighted by molar-refractivity contribution is -0.0471. The van der Waals surface area contributed by atoms with Crippen LogP contribution in [0.4, 0.5) is 5.82 Å². The molecule has 3 aromatic heterocycles. The molecule has 1 aliphatic heterocycles. The van der Waals surface area contributed by atoms with Crippen molar-refractivity contribution in [2.45, 2.75) is 24.5 Å². The van der Waals surface area contributed by atoms with Gasteiger partial charge in [0.1, 0.15) is 54.2 Å². The van der Waals surface area contributed by atoms with E-state index < -0.39 is 24.5 Å². The quantitative estimate of drug-likeness (QED) is 0.433. The van der Waals surface area contributed by atoms with Crippen molar-refractivity contribution in [1.29, 1.82) is 0 Å². The molecule has 1 saturated heterocycles. The zero-order chi connectivity index (χ0) is 21.5. The van der Waals surface area contributed by atoms with Crippen molar-refractivity contribution in [2.24, 2.45) is 0 Å². The normalized spacial score (nSPS) is 23.5. The van der Waals surface area contributed by atoms with Gasteiger partial charge in [-0.15, -0.1) is 0 Å². The van der Waals surface area contributed by atoms with E-state index >= 15 is 0 Å². The number of nitrogens with zero attached hydrogens (tertiary/aromatic N) is 4. The second-order valence-corrected chi connectivity index (χ2v) is 7.27. The van der Waals surface area contributed by atoms with Crippen molar-refractivity contribution < 1.29 is 24.4 Å². The fraction of sp³-hybridized carbons (Fsp3) is 0.286. The number of ether oxygens (including phenoxy) is 3. The number of nitrogens with two attached hydrogens (primary N) is 1. The Kier molecular flexibility index (Phi) is 4.81. The van der Waals surface area contributed by atoms with Gasteiger partial charge in [-0.1, -0.05) is 0 Å². The van der Waals surface area contributed by atoms with Crippen molar-refractivity contribution >= 4 is 27.8 Å². The maximum Gasteiger partial charge on any atom is 0.164 e. The molecule has 0 spiro atoms.